The summed E-state index contributed by atoms with van der Waals surface area (Å²) < 4.78 is 13.6. The Morgan fingerprint density at radius 3 is 2.42 bits per heavy atom. The van der Waals surface area contributed by atoms with Gasteiger partial charge < -0.3 is 50.3 Å². The molecule has 11 heteroatoms. The summed E-state index contributed by atoms with van der Waals surface area (Å²) in [7, 11) is 0. The highest BCUT2D eigenvalue weighted by molar-refractivity contribution is 5.96. The van der Waals surface area contributed by atoms with E-state index in [0.29, 0.717) is 48.8 Å². The van der Waals surface area contributed by atoms with Crippen molar-refractivity contribution in [1.82, 2.24) is 0 Å². The lowest BCUT2D eigenvalue weighted by molar-refractivity contribution is -0.246. The van der Waals surface area contributed by atoms with Gasteiger partial charge in [-0.15, -0.1) is 0 Å². The molecule has 9 aliphatic rings. The van der Waals surface area contributed by atoms with Crippen molar-refractivity contribution >= 4 is 5.78 Å². The van der Waals surface area contributed by atoms with Crippen molar-refractivity contribution in [3.05, 3.63) is 47.1 Å². The van der Waals surface area contributed by atoms with Crippen LogP contribution in [-0.4, -0.2) is 107 Å². The highest BCUT2D eigenvalue weighted by atomic mass is 16.6. The molecule has 5 fully saturated rings. The molecule has 0 aromatic heterocycles. The zero-order valence-electron chi connectivity index (χ0n) is 32.6. The van der Waals surface area contributed by atoms with Gasteiger partial charge in [-0.25, -0.2) is 0 Å². The fraction of sp³-hybridized carbons (Fsp3) is 0.750. The van der Waals surface area contributed by atoms with Gasteiger partial charge in [-0.05, 0) is 103 Å². The highest BCUT2D eigenvalue weighted by Gasteiger charge is 2.82. The van der Waals surface area contributed by atoms with Gasteiger partial charge in [0, 0.05) is 67.8 Å². The first-order valence-corrected chi connectivity index (χ1v) is 20.8. The number of carbonyl (C=O) groups excluding carboxylic acids is 1. The summed E-state index contributed by atoms with van der Waals surface area (Å²) in [5.74, 6) is -3.55. The Morgan fingerprint density at radius 2 is 1.73 bits per heavy atom. The van der Waals surface area contributed by atoms with Crippen LogP contribution in [0.5, 0.6) is 11.5 Å². The summed E-state index contributed by atoms with van der Waals surface area (Å²) in [6.45, 7) is 7.98. The molecule has 11 nitrogen and oxygen atoms in total. The zero-order chi connectivity index (χ0) is 39.3. The second-order valence-corrected chi connectivity index (χ2v) is 19.8. The first kappa shape index (κ1) is 38.2. The number of carbonyl (C=O) groups is 1. The lowest BCUT2D eigenvalue weighted by Crippen LogP contribution is -2.70. The third kappa shape index (κ3) is 4.53. The molecule has 10 rings (SSSR count). The van der Waals surface area contributed by atoms with Crippen LogP contribution in [0.2, 0.25) is 0 Å². The lowest BCUT2D eigenvalue weighted by Gasteiger charge is -2.65. The minimum Gasteiger partial charge on any atom is -0.508 e. The molecule has 1 saturated heterocycles. The van der Waals surface area contributed by atoms with Crippen LogP contribution in [0, 0.1) is 45.8 Å². The molecule has 55 heavy (non-hydrogen) atoms. The molecule has 4 saturated carbocycles. The predicted molar refractivity (Wildman–Crippen MR) is 200 cm³/mol. The predicted octanol–water partition coefficient (Wildman–Crippen LogP) is 3.56. The molecule has 2 bridgehead atoms. The molecule has 0 unspecified atom stereocenters. The topological polar surface area (TPSA) is 197 Å². The fourth-order valence-electron chi connectivity index (χ4n) is 14.8. The van der Waals surface area contributed by atoms with Crippen LogP contribution in [0.15, 0.2) is 35.9 Å². The molecule has 0 amide bonds. The first-order valence-electron chi connectivity index (χ1n) is 20.8. The lowest BCUT2D eigenvalue weighted by atomic mass is 9.41. The van der Waals surface area contributed by atoms with Gasteiger partial charge in [0.05, 0.1) is 29.5 Å². The van der Waals surface area contributed by atoms with E-state index < -0.39 is 69.3 Å². The standard InChI is InChI=1S/C44H60O11/c1-23-37(50)44(24-6-10-38(23,2)11-7-24)42(52,14-16-46)36-32(55-44)21-43(53)29-20-31(49)35-34-27-18-25(47)19-30(48)26(27)8-13-41(34,51)33(54-17-5-15-45)22-39(35,3)28(29)9-12-40(36,43)4/h6,10,18-20,23-24,28,32-37,45-48,50-53H,5,7-9,11-17,21-22H2,1-4H3/t23-,24-,28+,32-,33-,34+,35-,36+,37-,38-,39+,40+,41+,42+,43-,44-/m0/s1. The van der Waals surface area contributed by atoms with Crippen molar-refractivity contribution in [1.29, 1.82) is 0 Å². The van der Waals surface area contributed by atoms with Crippen molar-refractivity contribution in [2.45, 2.75) is 139 Å². The molecule has 1 aromatic rings. The van der Waals surface area contributed by atoms with E-state index in [1.807, 2.05) is 20.8 Å². The van der Waals surface area contributed by atoms with Crippen molar-refractivity contribution < 1.29 is 55.1 Å². The quantitative estimate of drug-likeness (QED) is 0.156. The first-order chi connectivity index (χ1) is 25.9. The molecular weight excluding hydrogens is 704 g/mol. The number of aliphatic hydroxyl groups excluding tert-OH is 3. The van der Waals surface area contributed by atoms with Crippen molar-refractivity contribution in [2.24, 2.45) is 45.8 Å². The van der Waals surface area contributed by atoms with Crippen LogP contribution in [-0.2, 0) is 20.7 Å². The van der Waals surface area contributed by atoms with E-state index in [1.54, 1.807) is 12.1 Å². The summed E-state index contributed by atoms with van der Waals surface area (Å²) in [5, 5.41) is 93.6. The Morgan fingerprint density at radius 1 is 0.964 bits per heavy atom. The summed E-state index contributed by atoms with van der Waals surface area (Å²) in [6, 6.07) is 2.84. The van der Waals surface area contributed by atoms with Gasteiger partial charge in [-0.1, -0.05) is 39.8 Å². The SMILES string of the molecule is C[C@H]1[C@H](O)[C@@]2(O[C@H]3C[C@]4(O)C5=CC(=O)[C@H]6[C@H]7c8cc(O)cc(O)c8CC[C@@]7(O)[C@@H](OCCCO)C[C@]6(C)[C@@H]5CC[C@]4(C)[C@@H]3[C@]2(O)CCO)[C@H]2C=C[C@@]1(C)CC2. The highest BCUT2D eigenvalue weighted by Crippen LogP contribution is 2.75. The maximum absolute atomic E-state index is 15.0. The molecule has 0 radical (unpaired) electrons. The molecule has 302 valence electrons. The van der Waals surface area contributed by atoms with Gasteiger partial charge >= 0.3 is 0 Å². The number of ketones is 1. The number of hydrogen-bond donors (Lipinski definition) is 8. The van der Waals surface area contributed by atoms with Gasteiger partial charge in [-0.3, -0.25) is 4.79 Å². The zero-order valence-corrected chi connectivity index (χ0v) is 32.6. The number of allylic oxidation sites excluding steroid dienone is 2. The van der Waals surface area contributed by atoms with Crippen LogP contribution in [0.3, 0.4) is 0 Å². The summed E-state index contributed by atoms with van der Waals surface area (Å²) in [5.41, 5.74) is -6.51. The van der Waals surface area contributed by atoms with Crippen molar-refractivity contribution in [2.75, 3.05) is 19.8 Å². The number of aromatic hydroxyl groups is 2. The Bertz CT molecular complexity index is 1840. The average Bonchev–Trinajstić information content (AvgIpc) is 3.47. The number of rotatable bonds is 6. The van der Waals surface area contributed by atoms with Gasteiger partial charge in [0.25, 0.3) is 0 Å². The number of aliphatic hydroxyl groups is 6. The van der Waals surface area contributed by atoms with E-state index in [9.17, 15) is 45.6 Å². The minimum absolute atomic E-state index is 0.0297. The van der Waals surface area contributed by atoms with Gasteiger partial charge in [0.15, 0.2) is 5.78 Å². The van der Waals surface area contributed by atoms with Gasteiger partial charge in [0.1, 0.15) is 22.7 Å². The van der Waals surface area contributed by atoms with E-state index in [-0.39, 0.29) is 79.5 Å². The van der Waals surface area contributed by atoms with Crippen LogP contribution < -0.4 is 0 Å². The Hall–Kier alpha value is -2.35. The van der Waals surface area contributed by atoms with E-state index in [1.165, 1.54) is 6.07 Å². The van der Waals surface area contributed by atoms with E-state index in [2.05, 4.69) is 19.1 Å². The largest absolute Gasteiger partial charge is 0.508 e. The van der Waals surface area contributed by atoms with E-state index in [0.717, 1.165) is 12.8 Å². The number of hydrogen-bond acceptors (Lipinski definition) is 11. The second-order valence-electron chi connectivity index (χ2n) is 19.8. The van der Waals surface area contributed by atoms with E-state index >= 15 is 0 Å². The molecule has 8 aliphatic carbocycles. The van der Waals surface area contributed by atoms with Crippen molar-refractivity contribution in [3.63, 3.8) is 0 Å². The molecule has 8 N–H and O–H groups in total. The molecule has 1 heterocycles. The summed E-state index contributed by atoms with van der Waals surface area (Å²) in [4.78, 5) is 15.0. The normalized spacial score (nSPS) is 51.8. The minimum atomic E-state index is -1.69. The molecule has 1 aromatic carbocycles. The molecule has 1 spiro atoms. The molecular formula is C44H60O11. The van der Waals surface area contributed by atoms with Crippen LogP contribution >= 0.6 is 0 Å². The third-order valence-corrected chi connectivity index (χ3v) is 17.7. The number of benzene rings is 1. The summed E-state index contributed by atoms with van der Waals surface area (Å²) >= 11 is 0. The maximum Gasteiger partial charge on any atom is 0.160 e. The van der Waals surface area contributed by atoms with Gasteiger partial charge in [-0.2, -0.15) is 0 Å². The number of ether oxygens (including phenoxy) is 2. The number of fused-ring (bicyclic) bond motifs is 13. The van der Waals surface area contributed by atoms with Crippen LogP contribution in [0.4, 0.5) is 0 Å². The maximum atomic E-state index is 15.0. The smallest absolute Gasteiger partial charge is 0.160 e. The Kier molecular flexibility index (Phi) is 8.40. The van der Waals surface area contributed by atoms with Crippen LogP contribution in [0.1, 0.15) is 103 Å². The average molecular weight is 765 g/mol. The molecule has 16 atom stereocenters. The van der Waals surface area contributed by atoms with Crippen molar-refractivity contribution in [3.8, 4) is 11.5 Å². The third-order valence-electron chi connectivity index (χ3n) is 17.7. The fourth-order valence-corrected chi connectivity index (χ4v) is 14.8. The number of phenolic OH excluding ortho intramolecular Hbond substituents is 2. The second kappa shape index (κ2) is 12.1. The van der Waals surface area contributed by atoms with Gasteiger partial charge in [0.2, 0.25) is 0 Å². The summed E-state index contributed by atoms with van der Waals surface area (Å²) in [6.07, 6.45) is 7.37. The monoisotopic (exact) mass is 764 g/mol. The Balaban J connectivity index is 1.15. The Labute approximate surface area is 323 Å². The number of phenols is 2. The van der Waals surface area contributed by atoms with E-state index in [4.69, 9.17) is 9.47 Å². The molecule has 1 aliphatic heterocycles. The van der Waals surface area contributed by atoms with Crippen LogP contribution in [0.25, 0.3) is 0 Å².